The van der Waals surface area contributed by atoms with Gasteiger partial charge in [-0.25, -0.2) is 9.97 Å². The minimum Gasteiger partial charge on any atom is -0.373 e. The van der Waals surface area contributed by atoms with Crippen LogP contribution >= 0.6 is 15.9 Å². The molecule has 0 atom stereocenters. The van der Waals surface area contributed by atoms with Crippen molar-refractivity contribution in [2.45, 2.75) is 33.6 Å². The lowest BCUT2D eigenvalue weighted by molar-refractivity contribution is 0.833. The molecule has 0 spiro atoms. The number of halogens is 1. The Morgan fingerprint density at radius 2 is 1.85 bits per heavy atom. The number of nitrogens with zero attached hydrogens (tertiary/aromatic N) is 2. The summed E-state index contributed by atoms with van der Waals surface area (Å²) in [5.74, 6) is 2.08. The predicted molar refractivity (Wildman–Crippen MR) is 88.3 cm³/mol. The third kappa shape index (κ3) is 2.85. The first-order valence-corrected chi connectivity index (χ1v) is 7.56. The fraction of sp³-hybridized carbons (Fsp3) is 0.375. The molecule has 1 aromatic heterocycles. The van der Waals surface area contributed by atoms with Crippen LogP contribution in [0.5, 0.6) is 0 Å². The zero-order valence-corrected chi connectivity index (χ0v) is 14.2. The van der Waals surface area contributed by atoms with Crippen molar-refractivity contribution in [2.24, 2.45) is 0 Å². The highest BCUT2D eigenvalue weighted by atomic mass is 79.9. The molecule has 0 aliphatic rings. The van der Waals surface area contributed by atoms with E-state index in [0.717, 1.165) is 27.4 Å². The smallest absolute Gasteiger partial charge is 0.161 e. The first kappa shape index (κ1) is 15.0. The van der Waals surface area contributed by atoms with E-state index in [4.69, 9.17) is 0 Å². The fourth-order valence-electron chi connectivity index (χ4n) is 2.32. The summed E-state index contributed by atoms with van der Waals surface area (Å²) in [4.78, 5) is 9.34. The van der Waals surface area contributed by atoms with Gasteiger partial charge in [0, 0.05) is 28.3 Å². The lowest BCUT2D eigenvalue weighted by Gasteiger charge is -2.15. The van der Waals surface area contributed by atoms with Gasteiger partial charge in [-0.2, -0.15) is 0 Å². The molecule has 0 unspecified atom stereocenters. The van der Waals surface area contributed by atoms with Crippen LogP contribution in [0.25, 0.3) is 11.4 Å². The van der Waals surface area contributed by atoms with E-state index in [0.29, 0.717) is 5.92 Å². The Kier molecular flexibility index (Phi) is 4.43. The third-order valence-corrected chi connectivity index (χ3v) is 4.23. The molecule has 0 bridgehead atoms. The summed E-state index contributed by atoms with van der Waals surface area (Å²) in [6.07, 6.45) is 0. The highest BCUT2D eigenvalue weighted by Gasteiger charge is 2.15. The molecule has 3 nitrogen and oxygen atoms in total. The van der Waals surface area contributed by atoms with E-state index in [1.54, 1.807) is 0 Å². The van der Waals surface area contributed by atoms with Crippen LogP contribution in [0.3, 0.4) is 0 Å². The molecular formula is C16H20BrN3. The summed E-state index contributed by atoms with van der Waals surface area (Å²) in [6, 6.07) is 6.20. The molecule has 2 rings (SSSR count). The Morgan fingerprint density at radius 1 is 1.15 bits per heavy atom. The average molecular weight is 334 g/mol. The molecule has 106 valence electrons. The number of benzene rings is 1. The van der Waals surface area contributed by atoms with Gasteiger partial charge in [0.05, 0.1) is 0 Å². The van der Waals surface area contributed by atoms with E-state index in [1.165, 1.54) is 11.1 Å². The normalized spacial score (nSPS) is 10.9. The molecule has 0 saturated heterocycles. The number of hydrogen-bond acceptors (Lipinski definition) is 3. The van der Waals surface area contributed by atoms with Crippen molar-refractivity contribution in [2.75, 3.05) is 12.4 Å². The van der Waals surface area contributed by atoms with Gasteiger partial charge < -0.3 is 5.32 Å². The number of hydrogen-bond donors (Lipinski definition) is 1. The van der Waals surface area contributed by atoms with Crippen LogP contribution in [0.4, 0.5) is 5.82 Å². The summed E-state index contributed by atoms with van der Waals surface area (Å²) in [7, 11) is 1.91. The van der Waals surface area contributed by atoms with Gasteiger partial charge in [0.15, 0.2) is 5.82 Å². The zero-order chi connectivity index (χ0) is 14.9. The highest BCUT2D eigenvalue weighted by molar-refractivity contribution is 9.10. The molecule has 1 aromatic carbocycles. The summed E-state index contributed by atoms with van der Waals surface area (Å²) in [6.45, 7) is 8.44. The van der Waals surface area contributed by atoms with E-state index < -0.39 is 0 Å². The lowest BCUT2D eigenvalue weighted by atomic mass is 10.0. The molecule has 0 fully saturated rings. The summed E-state index contributed by atoms with van der Waals surface area (Å²) in [5, 5.41) is 3.19. The van der Waals surface area contributed by atoms with Crippen molar-refractivity contribution in [3.05, 3.63) is 39.5 Å². The van der Waals surface area contributed by atoms with E-state index >= 15 is 0 Å². The van der Waals surface area contributed by atoms with Crippen LogP contribution in [-0.2, 0) is 0 Å². The second-order valence-electron chi connectivity index (χ2n) is 5.26. The number of anilines is 1. The zero-order valence-electron chi connectivity index (χ0n) is 12.6. The maximum absolute atomic E-state index is 4.67. The maximum Gasteiger partial charge on any atom is 0.161 e. The van der Waals surface area contributed by atoms with Crippen LogP contribution in [0.15, 0.2) is 22.7 Å². The van der Waals surface area contributed by atoms with Crippen LogP contribution in [-0.4, -0.2) is 17.0 Å². The fourth-order valence-corrected chi connectivity index (χ4v) is 2.70. The van der Waals surface area contributed by atoms with Gasteiger partial charge in [-0.05, 0) is 31.4 Å². The molecule has 2 aromatic rings. The summed E-state index contributed by atoms with van der Waals surface area (Å²) in [5.41, 5.74) is 4.45. The largest absolute Gasteiger partial charge is 0.373 e. The molecule has 0 aliphatic carbocycles. The summed E-state index contributed by atoms with van der Waals surface area (Å²) < 4.78 is 1.08. The lowest BCUT2D eigenvalue weighted by Crippen LogP contribution is -2.07. The van der Waals surface area contributed by atoms with Gasteiger partial charge >= 0.3 is 0 Å². The Bertz CT molecular complexity index is 636. The first-order valence-electron chi connectivity index (χ1n) is 6.76. The van der Waals surface area contributed by atoms with Crippen LogP contribution in [0.1, 0.15) is 36.6 Å². The van der Waals surface area contributed by atoms with Crippen molar-refractivity contribution in [1.82, 2.24) is 9.97 Å². The molecule has 1 N–H and O–H groups in total. The SMILES string of the molecule is CNc1nc(-c2ccc(C)c(Br)c2)nc(C)c1C(C)C. The average Bonchev–Trinajstić information content (AvgIpc) is 2.40. The van der Waals surface area contributed by atoms with Gasteiger partial charge in [0.1, 0.15) is 5.82 Å². The number of rotatable bonds is 3. The van der Waals surface area contributed by atoms with Crippen LogP contribution in [0.2, 0.25) is 0 Å². The second kappa shape index (κ2) is 5.92. The van der Waals surface area contributed by atoms with Gasteiger partial charge in [-0.3, -0.25) is 0 Å². The van der Waals surface area contributed by atoms with Crippen molar-refractivity contribution < 1.29 is 0 Å². The van der Waals surface area contributed by atoms with Gasteiger partial charge in [0.2, 0.25) is 0 Å². The minimum atomic E-state index is 0.399. The molecule has 0 saturated carbocycles. The van der Waals surface area contributed by atoms with E-state index in [1.807, 2.05) is 14.0 Å². The van der Waals surface area contributed by atoms with Gasteiger partial charge in [0.25, 0.3) is 0 Å². The molecular weight excluding hydrogens is 314 g/mol. The molecule has 0 amide bonds. The molecule has 0 radical (unpaired) electrons. The van der Waals surface area contributed by atoms with Gasteiger partial charge in [-0.15, -0.1) is 0 Å². The standard InChI is InChI=1S/C16H20BrN3/c1-9(2)14-11(4)19-15(20-16(14)18-5)12-7-6-10(3)13(17)8-12/h6-9H,1-5H3,(H,18,19,20). The van der Waals surface area contributed by atoms with E-state index in [-0.39, 0.29) is 0 Å². The van der Waals surface area contributed by atoms with Crippen LogP contribution < -0.4 is 5.32 Å². The quantitative estimate of drug-likeness (QED) is 0.885. The van der Waals surface area contributed by atoms with E-state index in [9.17, 15) is 0 Å². The Hall–Kier alpha value is -1.42. The predicted octanol–water partition coefficient (Wildman–Crippen LogP) is 4.69. The van der Waals surface area contributed by atoms with Crippen molar-refractivity contribution >= 4 is 21.7 Å². The van der Waals surface area contributed by atoms with Crippen LogP contribution in [0, 0.1) is 13.8 Å². The van der Waals surface area contributed by atoms with E-state index in [2.05, 4.69) is 70.2 Å². The minimum absolute atomic E-state index is 0.399. The number of aromatic nitrogens is 2. The van der Waals surface area contributed by atoms with Crippen molar-refractivity contribution in [1.29, 1.82) is 0 Å². The molecule has 1 heterocycles. The highest BCUT2D eigenvalue weighted by Crippen LogP contribution is 2.29. The van der Waals surface area contributed by atoms with Gasteiger partial charge in [-0.1, -0.05) is 41.9 Å². The Labute approximate surface area is 129 Å². The Balaban J connectivity index is 2.58. The third-order valence-electron chi connectivity index (χ3n) is 3.38. The topological polar surface area (TPSA) is 37.8 Å². The summed E-state index contributed by atoms with van der Waals surface area (Å²) >= 11 is 3.56. The molecule has 20 heavy (non-hydrogen) atoms. The van der Waals surface area contributed by atoms with Crippen molar-refractivity contribution in [3.63, 3.8) is 0 Å². The first-order chi connectivity index (χ1) is 9.43. The monoisotopic (exact) mass is 333 g/mol. The Morgan fingerprint density at radius 3 is 2.40 bits per heavy atom. The van der Waals surface area contributed by atoms with Crippen molar-refractivity contribution in [3.8, 4) is 11.4 Å². The number of aryl methyl sites for hydroxylation is 2. The number of nitrogens with one attached hydrogen (secondary N) is 1. The maximum atomic E-state index is 4.67. The molecule has 0 aliphatic heterocycles. The second-order valence-corrected chi connectivity index (χ2v) is 6.12. The molecule has 4 heteroatoms.